The molecular formula is C27H33NO3S2. The van der Waals surface area contributed by atoms with Gasteiger partial charge < -0.3 is 14.8 Å². The molecule has 1 saturated heterocycles. The predicted octanol–water partition coefficient (Wildman–Crippen LogP) is 6.09. The van der Waals surface area contributed by atoms with Gasteiger partial charge in [0.05, 0.1) is 19.5 Å². The van der Waals surface area contributed by atoms with Crippen molar-refractivity contribution in [1.29, 1.82) is 0 Å². The zero-order valence-corrected chi connectivity index (χ0v) is 22.2. The van der Waals surface area contributed by atoms with Crippen molar-refractivity contribution in [1.82, 2.24) is 5.32 Å². The van der Waals surface area contributed by atoms with Crippen LogP contribution in [0, 0.1) is 6.92 Å². The van der Waals surface area contributed by atoms with Gasteiger partial charge in [-0.3, -0.25) is 4.79 Å². The molecule has 1 heterocycles. The summed E-state index contributed by atoms with van der Waals surface area (Å²) in [4.78, 5) is 12.3. The Labute approximate surface area is 206 Å². The second-order valence-corrected chi connectivity index (χ2v) is 12.3. The van der Waals surface area contributed by atoms with E-state index in [1.165, 1.54) is 40.4 Å². The van der Waals surface area contributed by atoms with Gasteiger partial charge in [-0.15, -0.1) is 0 Å². The molecule has 33 heavy (non-hydrogen) atoms. The Morgan fingerprint density at radius 2 is 1.58 bits per heavy atom. The molecule has 2 aromatic carbocycles. The lowest BCUT2D eigenvalue weighted by molar-refractivity contribution is -0.118. The Morgan fingerprint density at radius 3 is 2.12 bits per heavy atom. The Kier molecular flexibility index (Phi) is 6.29. The number of amides is 1. The Hall–Kier alpha value is -2.05. The molecule has 6 heteroatoms. The minimum Gasteiger partial charge on any atom is -0.496 e. The minimum absolute atomic E-state index is 0.0432. The summed E-state index contributed by atoms with van der Waals surface area (Å²) in [6, 6.07) is 8.80. The third-order valence-corrected chi connectivity index (χ3v) is 8.63. The molecule has 0 spiro atoms. The third kappa shape index (κ3) is 4.40. The van der Waals surface area contributed by atoms with Gasteiger partial charge in [0.2, 0.25) is 5.91 Å². The first-order chi connectivity index (χ1) is 15.5. The number of thiocarbonyl (C=S) groups is 1. The van der Waals surface area contributed by atoms with Gasteiger partial charge in [-0.2, -0.15) is 0 Å². The van der Waals surface area contributed by atoms with Gasteiger partial charge in [-0.05, 0) is 77.0 Å². The first-order valence-corrected chi connectivity index (χ1v) is 12.7. The Balaban J connectivity index is 1.86. The van der Waals surface area contributed by atoms with E-state index in [4.69, 9.17) is 21.7 Å². The molecule has 1 N–H and O–H groups in total. The third-order valence-electron chi connectivity index (χ3n) is 7.26. The van der Waals surface area contributed by atoms with E-state index in [1.54, 1.807) is 14.2 Å². The van der Waals surface area contributed by atoms with Crippen LogP contribution in [0.1, 0.15) is 62.8 Å². The number of fused-ring (bicyclic) bond motifs is 1. The van der Waals surface area contributed by atoms with Crippen LogP contribution in [-0.2, 0) is 22.0 Å². The van der Waals surface area contributed by atoms with Crippen LogP contribution in [0.4, 0.5) is 0 Å². The van der Waals surface area contributed by atoms with E-state index in [-0.39, 0.29) is 22.0 Å². The zero-order valence-electron chi connectivity index (χ0n) is 20.5. The lowest BCUT2D eigenvalue weighted by Gasteiger charge is -2.42. The topological polar surface area (TPSA) is 47.6 Å². The highest BCUT2D eigenvalue weighted by Crippen LogP contribution is 2.49. The first kappa shape index (κ1) is 24.1. The highest BCUT2D eigenvalue weighted by atomic mass is 32.2. The fourth-order valence-corrected chi connectivity index (χ4v) is 6.37. The van der Waals surface area contributed by atoms with Crippen molar-refractivity contribution >= 4 is 34.2 Å². The van der Waals surface area contributed by atoms with Crippen molar-refractivity contribution in [2.24, 2.45) is 0 Å². The van der Waals surface area contributed by atoms with Gasteiger partial charge in [-0.25, -0.2) is 0 Å². The number of nitrogens with one attached hydrogen (secondary N) is 1. The lowest BCUT2D eigenvalue weighted by Crippen LogP contribution is -2.34. The molecule has 0 radical (unpaired) electrons. The maximum Gasteiger partial charge on any atom is 0.239 e. The normalized spacial score (nSPS) is 20.9. The quantitative estimate of drug-likeness (QED) is 0.522. The second-order valence-electron chi connectivity index (χ2n) is 10.4. The smallest absolute Gasteiger partial charge is 0.239 e. The van der Waals surface area contributed by atoms with E-state index in [0.717, 1.165) is 29.0 Å². The van der Waals surface area contributed by atoms with Crippen LogP contribution in [0.15, 0.2) is 24.3 Å². The number of hydrogen-bond acceptors (Lipinski definition) is 5. The number of benzene rings is 2. The summed E-state index contributed by atoms with van der Waals surface area (Å²) in [6.07, 6.45) is 2.89. The summed E-state index contributed by atoms with van der Waals surface area (Å²) in [5.41, 5.74) is 7.53. The maximum absolute atomic E-state index is 12.3. The maximum atomic E-state index is 12.3. The van der Waals surface area contributed by atoms with Gasteiger partial charge in [0.15, 0.2) is 0 Å². The van der Waals surface area contributed by atoms with Crippen molar-refractivity contribution in [2.45, 2.75) is 70.0 Å². The van der Waals surface area contributed by atoms with Crippen molar-refractivity contribution < 1.29 is 14.3 Å². The Morgan fingerprint density at radius 1 is 0.970 bits per heavy atom. The molecule has 1 amide bonds. The molecule has 2 aromatic rings. The van der Waals surface area contributed by atoms with Gasteiger partial charge >= 0.3 is 0 Å². The number of methoxy groups -OCH3 is 2. The van der Waals surface area contributed by atoms with E-state index in [0.29, 0.717) is 10.7 Å². The fraction of sp³-hybridized carbons (Fsp3) is 0.481. The van der Waals surface area contributed by atoms with Crippen LogP contribution in [0.3, 0.4) is 0 Å². The van der Waals surface area contributed by atoms with E-state index in [1.807, 2.05) is 6.07 Å². The number of carbonyl (C=O) groups excluding carboxylic acids is 1. The fourth-order valence-electron chi connectivity index (χ4n) is 5.07. The molecule has 4 rings (SSSR count). The SMILES string of the molecule is COc1cc(OC)c(-c2cc3c(cc2C)C(C)(C)CCC3(C)C)cc1CC1SC(=S)NC1=O. The monoisotopic (exact) mass is 483 g/mol. The number of rotatable bonds is 5. The molecule has 0 saturated carbocycles. The summed E-state index contributed by atoms with van der Waals surface area (Å²) >= 11 is 6.59. The highest BCUT2D eigenvalue weighted by molar-refractivity contribution is 8.24. The molecule has 1 unspecified atom stereocenters. The van der Waals surface area contributed by atoms with Crippen molar-refractivity contribution in [2.75, 3.05) is 14.2 Å². The molecule has 2 aliphatic rings. The van der Waals surface area contributed by atoms with Crippen LogP contribution in [0.2, 0.25) is 0 Å². The Bertz CT molecular complexity index is 1140. The van der Waals surface area contributed by atoms with Gasteiger partial charge in [-0.1, -0.05) is 57.7 Å². The number of hydrogen-bond donors (Lipinski definition) is 1. The average molecular weight is 484 g/mol. The molecule has 1 aliphatic heterocycles. The van der Waals surface area contributed by atoms with Gasteiger partial charge in [0, 0.05) is 11.6 Å². The summed E-state index contributed by atoms with van der Waals surface area (Å²) in [7, 11) is 3.34. The summed E-state index contributed by atoms with van der Waals surface area (Å²) in [5, 5.41) is 2.49. The van der Waals surface area contributed by atoms with Gasteiger partial charge in [0.1, 0.15) is 15.8 Å². The molecule has 1 atom stereocenters. The van der Waals surface area contributed by atoms with Crippen LogP contribution < -0.4 is 14.8 Å². The van der Waals surface area contributed by atoms with E-state index >= 15 is 0 Å². The summed E-state index contributed by atoms with van der Waals surface area (Å²) < 4.78 is 12.0. The number of carbonyl (C=O) groups is 1. The molecule has 0 bridgehead atoms. The number of ether oxygens (including phenoxy) is 2. The van der Waals surface area contributed by atoms with Crippen LogP contribution in [0.25, 0.3) is 11.1 Å². The van der Waals surface area contributed by atoms with Crippen molar-refractivity contribution in [3.63, 3.8) is 0 Å². The average Bonchev–Trinajstić information content (AvgIpc) is 3.07. The standard InChI is InChI=1S/C27H33NO3S2/c1-15-10-19-20(27(4,5)9-8-26(19,2)3)13-17(15)18-11-16(21(30-6)14-22(18)31-7)12-23-24(29)28-25(32)33-23/h10-11,13-14,23H,8-9,12H2,1-7H3,(H,28,29,32). The molecule has 4 nitrogen and oxygen atoms in total. The molecular weight excluding hydrogens is 450 g/mol. The predicted molar refractivity (Wildman–Crippen MR) is 141 cm³/mol. The molecule has 0 aromatic heterocycles. The first-order valence-electron chi connectivity index (χ1n) is 11.4. The van der Waals surface area contributed by atoms with Gasteiger partial charge in [0.25, 0.3) is 0 Å². The molecule has 176 valence electrons. The number of aryl methyl sites for hydroxylation is 1. The largest absolute Gasteiger partial charge is 0.496 e. The zero-order chi connectivity index (χ0) is 24.1. The highest BCUT2D eigenvalue weighted by Gasteiger charge is 2.38. The molecule has 1 aliphatic carbocycles. The van der Waals surface area contributed by atoms with Crippen LogP contribution in [0.5, 0.6) is 11.5 Å². The lowest BCUT2D eigenvalue weighted by atomic mass is 9.62. The van der Waals surface area contributed by atoms with E-state index < -0.39 is 0 Å². The second kappa shape index (κ2) is 8.62. The van der Waals surface area contributed by atoms with Crippen LogP contribution in [-0.4, -0.2) is 29.7 Å². The summed E-state index contributed by atoms with van der Waals surface area (Å²) in [5.74, 6) is 1.45. The molecule has 1 fully saturated rings. The van der Waals surface area contributed by atoms with Crippen molar-refractivity contribution in [3.8, 4) is 22.6 Å². The van der Waals surface area contributed by atoms with E-state index in [9.17, 15) is 4.79 Å². The van der Waals surface area contributed by atoms with Crippen LogP contribution >= 0.6 is 24.0 Å². The minimum atomic E-state index is -0.253. The van der Waals surface area contributed by atoms with E-state index in [2.05, 4.69) is 58.1 Å². The van der Waals surface area contributed by atoms with Crippen molar-refractivity contribution in [3.05, 3.63) is 46.5 Å². The number of thioether (sulfide) groups is 1. The summed E-state index contributed by atoms with van der Waals surface area (Å²) in [6.45, 7) is 11.6.